The minimum Gasteiger partial charge on any atom is -0.453 e. The topological polar surface area (TPSA) is 68.3 Å². The maximum absolute atomic E-state index is 11.9. The molecular weight excluding hydrogens is 315 g/mol. The van der Waals surface area contributed by atoms with Gasteiger partial charge < -0.3 is 10.1 Å². The van der Waals surface area contributed by atoms with Gasteiger partial charge in [0.05, 0.1) is 10.0 Å². The lowest BCUT2D eigenvalue weighted by Gasteiger charge is -2.14. The minimum atomic E-state index is -0.918. The second-order valence-electron chi connectivity index (χ2n) is 5.04. The van der Waals surface area contributed by atoms with Crippen molar-refractivity contribution >= 4 is 40.9 Å². The average molecular weight is 333 g/mol. The average Bonchev–Trinajstić information content (AvgIpc) is 2.39. The Kier molecular flexibility index (Phi) is 6.92. The summed E-state index contributed by atoms with van der Waals surface area (Å²) in [4.78, 5) is 27.4. The van der Waals surface area contributed by atoms with E-state index in [1.165, 1.54) is 19.2 Å². The summed E-state index contributed by atoms with van der Waals surface area (Å²) in [5, 5.41) is 3.07. The molecule has 1 N–H and O–H groups in total. The van der Waals surface area contributed by atoms with Crippen LogP contribution >= 0.6 is 23.2 Å². The summed E-state index contributed by atoms with van der Waals surface area (Å²) in [5.41, 5.74) is 0. The maximum Gasteiger partial charge on any atom is 0.306 e. The standard InChI is InChI=1S/C14H18Cl2N2O3/c1-8(2)4-5-12(19)21-9(3)14(20)18-13-11(16)6-10(15)7-17-13/h6-9H,4-5H2,1-3H3,(H,17,18,20)/t9-/m0/s1. The summed E-state index contributed by atoms with van der Waals surface area (Å²) in [6, 6.07) is 1.46. The monoisotopic (exact) mass is 332 g/mol. The van der Waals surface area contributed by atoms with Crippen molar-refractivity contribution in [3.05, 3.63) is 22.3 Å². The molecule has 0 saturated carbocycles. The van der Waals surface area contributed by atoms with Gasteiger partial charge in [0.2, 0.25) is 0 Å². The lowest BCUT2D eigenvalue weighted by molar-refractivity contribution is -0.153. The van der Waals surface area contributed by atoms with E-state index in [2.05, 4.69) is 10.3 Å². The number of halogens is 2. The third-order valence-electron chi connectivity index (χ3n) is 2.65. The highest BCUT2D eigenvalue weighted by atomic mass is 35.5. The number of aromatic nitrogens is 1. The molecule has 116 valence electrons. The zero-order chi connectivity index (χ0) is 16.0. The van der Waals surface area contributed by atoms with E-state index in [1.807, 2.05) is 13.8 Å². The van der Waals surface area contributed by atoms with Crippen LogP contribution in [0.3, 0.4) is 0 Å². The second-order valence-corrected chi connectivity index (χ2v) is 5.88. The highest BCUT2D eigenvalue weighted by Gasteiger charge is 2.19. The van der Waals surface area contributed by atoms with Gasteiger partial charge in [0.15, 0.2) is 11.9 Å². The van der Waals surface area contributed by atoms with E-state index in [0.29, 0.717) is 10.9 Å². The van der Waals surface area contributed by atoms with Gasteiger partial charge in [-0.2, -0.15) is 0 Å². The van der Waals surface area contributed by atoms with Crippen molar-refractivity contribution in [2.45, 2.75) is 39.7 Å². The minimum absolute atomic E-state index is 0.177. The molecule has 0 aliphatic rings. The van der Waals surface area contributed by atoms with Gasteiger partial charge in [-0.1, -0.05) is 37.0 Å². The van der Waals surface area contributed by atoms with Crippen molar-refractivity contribution < 1.29 is 14.3 Å². The molecule has 0 aliphatic heterocycles. The van der Waals surface area contributed by atoms with Crippen molar-refractivity contribution in [2.24, 2.45) is 5.92 Å². The van der Waals surface area contributed by atoms with Gasteiger partial charge in [0.25, 0.3) is 5.91 Å². The summed E-state index contributed by atoms with van der Waals surface area (Å²) in [7, 11) is 0. The second kappa shape index (κ2) is 8.20. The molecule has 0 unspecified atom stereocenters. The van der Waals surface area contributed by atoms with Gasteiger partial charge >= 0.3 is 5.97 Å². The fourth-order valence-electron chi connectivity index (χ4n) is 1.44. The van der Waals surface area contributed by atoms with Gasteiger partial charge in [-0.3, -0.25) is 9.59 Å². The summed E-state index contributed by atoms with van der Waals surface area (Å²) in [6.07, 6.45) is 1.45. The molecule has 0 fully saturated rings. The largest absolute Gasteiger partial charge is 0.453 e. The van der Waals surface area contributed by atoms with Crippen LogP contribution in [0.25, 0.3) is 0 Å². The zero-order valence-corrected chi connectivity index (χ0v) is 13.7. The Bertz CT molecular complexity index is 521. The zero-order valence-electron chi connectivity index (χ0n) is 12.2. The third-order valence-corrected chi connectivity index (χ3v) is 3.15. The number of nitrogens with one attached hydrogen (secondary N) is 1. The van der Waals surface area contributed by atoms with Crippen LogP contribution in [0.5, 0.6) is 0 Å². The summed E-state index contributed by atoms with van der Waals surface area (Å²) in [6.45, 7) is 5.52. The number of nitrogens with zero attached hydrogens (tertiary/aromatic N) is 1. The molecule has 1 heterocycles. The van der Waals surface area contributed by atoms with Crippen LogP contribution in [0.4, 0.5) is 5.82 Å². The molecule has 0 radical (unpaired) electrons. The molecule has 0 saturated heterocycles. The first kappa shape index (κ1) is 17.7. The Hall–Kier alpha value is -1.33. The van der Waals surface area contributed by atoms with Crippen LogP contribution in [0.2, 0.25) is 10.0 Å². The van der Waals surface area contributed by atoms with Crippen molar-refractivity contribution in [3.8, 4) is 0 Å². The number of amides is 1. The molecule has 0 spiro atoms. The molecule has 0 bridgehead atoms. The quantitative estimate of drug-likeness (QED) is 0.806. The molecule has 5 nitrogen and oxygen atoms in total. The van der Waals surface area contributed by atoms with Gasteiger partial charge in [-0.25, -0.2) is 4.98 Å². The number of hydrogen-bond acceptors (Lipinski definition) is 4. The maximum atomic E-state index is 11.9. The molecule has 1 aromatic heterocycles. The van der Waals surface area contributed by atoms with E-state index in [0.717, 1.165) is 6.42 Å². The number of ether oxygens (including phenoxy) is 1. The SMILES string of the molecule is CC(C)CCC(=O)O[C@@H](C)C(=O)Nc1ncc(Cl)cc1Cl. The first-order valence-corrected chi connectivity index (χ1v) is 7.36. The summed E-state index contributed by atoms with van der Waals surface area (Å²) >= 11 is 11.6. The number of carbonyl (C=O) groups excluding carboxylic acids is 2. The smallest absolute Gasteiger partial charge is 0.306 e. The van der Waals surface area contributed by atoms with Crippen LogP contribution in [0.15, 0.2) is 12.3 Å². The Labute approximate surface area is 134 Å². The number of rotatable bonds is 6. The van der Waals surface area contributed by atoms with E-state index in [4.69, 9.17) is 27.9 Å². The highest BCUT2D eigenvalue weighted by Crippen LogP contribution is 2.22. The molecule has 0 aromatic carbocycles. The Morgan fingerprint density at radius 2 is 2.00 bits per heavy atom. The van der Waals surface area contributed by atoms with Gasteiger partial charge in [-0.05, 0) is 25.3 Å². The Balaban J connectivity index is 2.52. The molecule has 1 amide bonds. The lowest BCUT2D eigenvalue weighted by Crippen LogP contribution is -2.30. The van der Waals surface area contributed by atoms with E-state index in [-0.39, 0.29) is 17.3 Å². The highest BCUT2D eigenvalue weighted by molar-refractivity contribution is 6.36. The normalized spacial score (nSPS) is 12.1. The fraction of sp³-hybridized carbons (Fsp3) is 0.500. The first-order valence-electron chi connectivity index (χ1n) is 6.61. The number of esters is 1. The van der Waals surface area contributed by atoms with Crippen molar-refractivity contribution in [2.75, 3.05) is 5.32 Å². The van der Waals surface area contributed by atoms with Crippen LogP contribution in [0, 0.1) is 5.92 Å². The molecule has 0 aliphatic carbocycles. The van der Waals surface area contributed by atoms with Crippen LogP contribution in [-0.4, -0.2) is 23.0 Å². The van der Waals surface area contributed by atoms with Gasteiger partial charge in [0, 0.05) is 12.6 Å². The van der Waals surface area contributed by atoms with E-state index in [9.17, 15) is 9.59 Å². The predicted octanol–water partition coefficient (Wildman–Crippen LogP) is 3.69. The summed E-state index contributed by atoms with van der Waals surface area (Å²) in [5.74, 6) is -0.318. The van der Waals surface area contributed by atoms with Gasteiger partial charge in [0.1, 0.15) is 0 Å². The Morgan fingerprint density at radius 1 is 1.33 bits per heavy atom. The van der Waals surface area contributed by atoms with Crippen molar-refractivity contribution in [3.63, 3.8) is 0 Å². The molecule has 1 rings (SSSR count). The number of carbonyl (C=O) groups is 2. The number of hydrogen-bond donors (Lipinski definition) is 1. The van der Waals surface area contributed by atoms with E-state index < -0.39 is 18.0 Å². The lowest BCUT2D eigenvalue weighted by atomic mass is 10.1. The third kappa shape index (κ3) is 6.31. The molecular formula is C14H18Cl2N2O3. The molecule has 7 heteroatoms. The van der Waals surface area contributed by atoms with Gasteiger partial charge in [-0.15, -0.1) is 0 Å². The number of pyridine rings is 1. The molecule has 21 heavy (non-hydrogen) atoms. The van der Waals surface area contributed by atoms with Crippen LogP contribution in [0.1, 0.15) is 33.6 Å². The fourth-order valence-corrected chi connectivity index (χ4v) is 1.87. The van der Waals surface area contributed by atoms with Crippen LogP contribution in [-0.2, 0) is 14.3 Å². The summed E-state index contributed by atoms with van der Waals surface area (Å²) < 4.78 is 5.05. The van der Waals surface area contributed by atoms with E-state index >= 15 is 0 Å². The first-order chi connectivity index (χ1) is 9.79. The molecule has 1 aromatic rings. The van der Waals surface area contributed by atoms with E-state index in [1.54, 1.807) is 0 Å². The van der Waals surface area contributed by atoms with Crippen LogP contribution < -0.4 is 5.32 Å². The predicted molar refractivity (Wildman–Crippen MR) is 82.5 cm³/mol. The Morgan fingerprint density at radius 3 is 2.57 bits per heavy atom. The molecule has 1 atom stereocenters. The van der Waals surface area contributed by atoms with Crippen molar-refractivity contribution in [1.29, 1.82) is 0 Å². The van der Waals surface area contributed by atoms with Crippen molar-refractivity contribution in [1.82, 2.24) is 4.98 Å². The number of anilines is 1.